The van der Waals surface area contributed by atoms with Gasteiger partial charge in [-0.15, -0.1) is 0 Å². The molecule has 0 saturated heterocycles. The number of hydrogen-bond acceptors (Lipinski definition) is 0. The maximum absolute atomic E-state index is 8.27. The Kier molecular flexibility index (Phi) is 0.883. The van der Waals surface area contributed by atoms with E-state index in [2.05, 4.69) is 0 Å². The van der Waals surface area contributed by atoms with E-state index >= 15 is 0 Å². The maximum atomic E-state index is 8.27. The summed E-state index contributed by atoms with van der Waals surface area (Å²) >= 11 is 0. The third-order valence-corrected chi connectivity index (χ3v) is 3.25. The number of rotatable bonds is 0. The van der Waals surface area contributed by atoms with E-state index in [0.29, 0.717) is 27.8 Å². The van der Waals surface area contributed by atoms with Gasteiger partial charge in [0.2, 0.25) is 0 Å². The third-order valence-electron chi connectivity index (χ3n) is 3.25. The molecular formula is C16H16. The Morgan fingerprint density at radius 3 is 2.44 bits per heavy atom. The average molecular weight is 215 g/mol. The fraction of sp³-hybridized carbons (Fsp3) is 0.250. The van der Waals surface area contributed by atoms with E-state index in [1.165, 1.54) is 0 Å². The molecule has 0 spiro atoms. The molecule has 0 bridgehead atoms. The molecule has 0 fully saturated rings. The second-order valence-electron chi connectivity index (χ2n) is 4.62. The van der Waals surface area contributed by atoms with Crippen LogP contribution in [0.5, 0.6) is 0 Å². The lowest BCUT2D eigenvalue weighted by molar-refractivity contribution is 0.660. The highest BCUT2D eigenvalue weighted by atomic mass is 14.4. The first-order chi connectivity index (χ1) is 10.5. The molecule has 0 heteroatoms. The summed E-state index contributed by atoms with van der Waals surface area (Å²) in [5.74, 6) is 0. The predicted molar refractivity (Wildman–Crippen MR) is 68.7 cm³/mol. The first-order valence-electron chi connectivity index (χ1n) is 8.75. The summed E-state index contributed by atoms with van der Waals surface area (Å²) in [6.45, 7) is 5.28. The largest absolute Gasteiger partial charge is 0.0629 e. The fourth-order valence-electron chi connectivity index (χ4n) is 2.38. The molecule has 80 valence electrons. The van der Waals surface area contributed by atoms with Crippen molar-refractivity contribution in [2.75, 3.05) is 0 Å². The van der Waals surface area contributed by atoms with Crippen molar-refractivity contribution in [2.24, 2.45) is 0 Å². The molecule has 0 atom stereocenters. The highest BCUT2D eigenvalue weighted by Crippen LogP contribution is 2.49. The first-order valence-corrected chi connectivity index (χ1v) is 5.25. The van der Waals surface area contributed by atoms with Crippen molar-refractivity contribution in [3.05, 3.63) is 59.0 Å². The Balaban J connectivity index is 2.63. The molecule has 0 aliphatic heterocycles. The van der Waals surface area contributed by atoms with Crippen LogP contribution in [-0.2, 0) is 5.41 Å². The molecule has 1 aliphatic rings. The molecule has 0 radical (unpaired) electrons. The van der Waals surface area contributed by atoms with Crippen LogP contribution in [0.3, 0.4) is 0 Å². The minimum absolute atomic E-state index is 0.0650. The van der Waals surface area contributed by atoms with Gasteiger partial charge in [0.05, 0.1) is 9.60 Å². The van der Waals surface area contributed by atoms with Crippen LogP contribution in [0.25, 0.3) is 11.1 Å². The fourth-order valence-corrected chi connectivity index (χ4v) is 2.38. The molecule has 0 heterocycles. The molecule has 0 saturated carbocycles. The van der Waals surface area contributed by atoms with Crippen LogP contribution in [0.15, 0.2) is 42.3 Å². The summed E-state index contributed by atoms with van der Waals surface area (Å²) in [4.78, 5) is 0. The van der Waals surface area contributed by atoms with Gasteiger partial charge in [0, 0.05) is 5.41 Å². The second kappa shape index (κ2) is 2.98. The summed E-state index contributed by atoms with van der Waals surface area (Å²) in [5.41, 5.74) is 1.52. The minimum Gasteiger partial charge on any atom is -0.0619 e. The van der Waals surface area contributed by atoms with Crippen molar-refractivity contribution in [2.45, 2.75) is 26.2 Å². The number of benzene rings is 2. The topological polar surface area (TPSA) is 0 Å². The summed E-state index contributed by atoms with van der Waals surface area (Å²) in [7, 11) is 0. The zero-order chi connectivity index (χ0) is 17.4. The molecule has 2 aromatic rings. The lowest BCUT2D eigenvalue weighted by Crippen LogP contribution is -2.14. The standard InChI is InChI=1S/C16H16/c1-11-7-6-10-14-15(11)12-8-4-5-9-13(12)16(14,2)3/h4-10H,1-3H3/i4D,5D,6D,7D,8D,9D,10D. The minimum atomic E-state index is -0.813. The van der Waals surface area contributed by atoms with Crippen molar-refractivity contribution >= 4 is 0 Å². The third kappa shape index (κ3) is 1.05. The Labute approximate surface area is 107 Å². The zero-order valence-corrected chi connectivity index (χ0v) is 9.50. The van der Waals surface area contributed by atoms with E-state index in [-0.39, 0.29) is 42.3 Å². The molecular weight excluding hydrogens is 192 g/mol. The smallest absolute Gasteiger partial charge is 0.0619 e. The molecule has 3 rings (SSSR count). The van der Waals surface area contributed by atoms with E-state index < -0.39 is 5.41 Å². The van der Waals surface area contributed by atoms with Crippen molar-refractivity contribution in [3.63, 3.8) is 0 Å². The van der Waals surface area contributed by atoms with Crippen molar-refractivity contribution in [1.82, 2.24) is 0 Å². The van der Waals surface area contributed by atoms with Gasteiger partial charge in [-0.2, -0.15) is 0 Å². The van der Waals surface area contributed by atoms with Crippen molar-refractivity contribution in [1.29, 1.82) is 0 Å². The summed E-state index contributed by atoms with van der Waals surface area (Å²) in [6, 6.07) is -1.18. The predicted octanol–water partition coefficient (Wildman–Crippen LogP) is 4.30. The van der Waals surface area contributed by atoms with Crippen molar-refractivity contribution in [3.8, 4) is 11.1 Å². The van der Waals surface area contributed by atoms with Crippen LogP contribution >= 0.6 is 0 Å². The molecule has 0 amide bonds. The van der Waals surface area contributed by atoms with Gasteiger partial charge < -0.3 is 0 Å². The van der Waals surface area contributed by atoms with Crippen LogP contribution in [0.4, 0.5) is 0 Å². The lowest BCUT2D eigenvalue weighted by atomic mass is 9.82. The quantitative estimate of drug-likeness (QED) is 0.614. The highest BCUT2D eigenvalue weighted by Gasteiger charge is 2.35. The van der Waals surface area contributed by atoms with E-state index in [4.69, 9.17) is 9.60 Å². The first kappa shape index (κ1) is 4.75. The van der Waals surface area contributed by atoms with Gasteiger partial charge >= 0.3 is 0 Å². The lowest BCUT2D eigenvalue weighted by Gasteiger charge is -2.21. The SMILES string of the molecule is [2H]c1c([2H])c([2H])c2c(c1[2H])-c1c(C)c([2H])c([2H])c([2H])c1C2(C)C. The van der Waals surface area contributed by atoms with Gasteiger partial charge in [-0.3, -0.25) is 0 Å². The molecule has 2 aromatic carbocycles. The van der Waals surface area contributed by atoms with Gasteiger partial charge in [0.1, 0.15) is 0 Å². The molecule has 0 nitrogen and oxygen atoms in total. The highest BCUT2D eigenvalue weighted by molar-refractivity contribution is 5.82. The van der Waals surface area contributed by atoms with Gasteiger partial charge in [-0.1, -0.05) is 56.1 Å². The van der Waals surface area contributed by atoms with Crippen molar-refractivity contribution < 1.29 is 9.60 Å². The summed E-state index contributed by atoms with van der Waals surface area (Å²) in [6.07, 6.45) is 0. The van der Waals surface area contributed by atoms with Crippen LogP contribution in [-0.4, -0.2) is 0 Å². The van der Waals surface area contributed by atoms with E-state index in [0.717, 1.165) is 0 Å². The monoisotopic (exact) mass is 215 g/mol. The van der Waals surface area contributed by atoms with Gasteiger partial charge in [0.25, 0.3) is 0 Å². The van der Waals surface area contributed by atoms with Crippen LogP contribution in [0.1, 0.15) is 40.1 Å². The number of hydrogen-bond donors (Lipinski definition) is 0. The molecule has 0 aromatic heterocycles. The van der Waals surface area contributed by atoms with E-state index in [1.807, 2.05) is 0 Å². The second-order valence-corrected chi connectivity index (χ2v) is 4.62. The normalized spacial score (nSPS) is 21.8. The Hall–Kier alpha value is -1.56. The number of fused-ring (bicyclic) bond motifs is 3. The molecule has 16 heavy (non-hydrogen) atoms. The Bertz CT molecular complexity index is 810. The molecule has 0 N–H and O–H groups in total. The maximum Gasteiger partial charge on any atom is 0.0629 e. The molecule has 0 unspecified atom stereocenters. The van der Waals surface area contributed by atoms with Gasteiger partial charge in [-0.25, -0.2) is 0 Å². The van der Waals surface area contributed by atoms with Gasteiger partial charge in [-0.05, 0) is 34.7 Å². The Morgan fingerprint density at radius 1 is 0.938 bits per heavy atom. The summed E-state index contributed by atoms with van der Waals surface area (Å²) < 4.78 is 56.6. The average Bonchev–Trinajstić information content (AvgIpc) is 2.74. The van der Waals surface area contributed by atoms with Crippen LogP contribution < -0.4 is 0 Å². The molecule has 1 aliphatic carbocycles. The van der Waals surface area contributed by atoms with Crippen LogP contribution in [0.2, 0.25) is 0 Å². The van der Waals surface area contributed by atoms with E-state index in [1.54, 1.807) is 20.8 Å². The van der Waals surface area contributed by atoms with Gasteiger partial charge in [0.15, 0.2) is 0 Å². The zero-order valence-electron chi connectivity index (χ0n) is 16.5. The summed E-state index contributed by atoms with van der Waals surface area (Å²) in [5, 5.41) is 0. The van der Waals surface area contributed by atoms with E-state index in [9.17, 15) is 0 Å². The Morgan fingerprint density at radius 2 is 1.62 bits per heavy atom. The van der Waals surface area contributed by atoms with Crippen LogP contribution in [0, 0.1) is 6.92 Å².